The molecule has 0 bridgehead atoms. The van der Waals surface area contributed by atoms with Gasteiger partial charge in [-0.1, -0.05) is 39.0 Å². The van der Waals surface area contributed by atoms with E-state index in [2.05, 4.69) is 25.7 Å². The van der Waals surface area contributed by atoms with Gasteiger partial charge in [-0.2, -0.15) is 0 Å². The van der Waals surface area contributed by atoms with Crippen LogP contribution in [0.25, 0.3) is 0 Å². The van der Waals surface area contributed by atoms with Crippen molar-refractivity contribution >= 4 is 0 Å². The van der Waals surface area contributed by atoms with Crippen molar-refractivity contribution in [2.24, 2.45) is 11.3 Å². The number of benzene rings is 1. The summed E-state index contributed by atoms with van der Waals surface area (Å²) in [6.07, 6.45) is 0.664. The summed E-state index contributed by atoms with van der Waals surface area (Å²) in [7, 11) is 0. The zero-order valence-electron chi connectivity index (χ0n) is 13.9. The Morgan fingerprint density at radius 3 is 2.73 bits per heavy atom. The Bertz CT molecular complexity index is 472. The molecule has 2 atom stereocenters. The molecule has 1 aromatic rings. The predicted molar refractivity (Wildman–Crippen MR) is 86.1 cm³/mol. The fourth-order valence-electron chi connectivity index (χ4n) is 2.98. The molecule has 3 nitrogen and oxygen atoms in total. The van der Waals surface area contributed by atoms with E-state index < -0.39 is 6.10 Å². The first-order valence-corrected chi connectivity index (χ1v) is 8.08. The average molecular weight is 309 g/mol. The van der Waals surface area contributed by atoms with Gasteiger partial charge >= 0.3 is 0 Å². The van der Waals surface area contributed by atoms with Crippen molar-refractivity contribution in [3.8, 4) is 0 Å². The molecule has 0 aromatic heterocycles. The van der Waals surface area contributed by atoms with Gasteiger partial charge in [0.25, 0.3) is 0 Å². The van der Waals surface area contributed by atoms with Crippen LogP contribution < -0.4 is 0 Å². The molecule has 124 valence electrons. The SMILES string of the molecule is CC(C)(C)C1CCN(CC(O)COCc2ccccc2F)C1. The van der Waals surface area contributed by atoms with E-state index in [1.54, 1.807) is 18.2 Å². The fraction of sp³-hybridized carbons (Fsp3) is 0.667. The van der Waals surface area contributed by atoms with E-state index in [1.807, 2.05) is 0 Å². The number of hydrogen-bond acceptors (Lipinski definition) is 3. The first-order valence-electron chi connectivity index (χ1n) is 8.08. The van der Waals surface area contributed by atoms with E-state index >= 15 is 0 Å². The number of aliphatic hydroxyl groups excluding tert-OH is 1. The number of β-amino-alcohol motifs (C(OH)–C–C–N with tert-alkyl or cyclic N) is 1. The van der Waals surface area contributed by atoms with E-state index in [-0.39, 0.29) is 19.0 Å². The van der Waals surface area contributed by atoms with Gasteiger partial charge in [-0.3, -0.25) is 0 Å². The highest BCUT2D eigenvalue weighted by molar-refractivity contribution is 5.16. The lowest BCUT2D eigenvalue weighted by Crippen LogP contribution is -2.34. The third-order valence-corrected chi connectivity index (χ3v) is 4.49. The van der Waals surface area contributed by atoms with Crippen LogP contribution in [-0.4, -0.2) is 42.4 Å². The van der Waals surface area contributed by atoms with Crippen LogP contribution >= 0.6 is 0 Å². The lowest BCUT2D eigenvalue weighted by molar-refractivity contribution is 0.0113. The van der Waals surface area contributed by atoms with Crippen molar-refractivity contribution < 1.29 is 14.2 Å². The Morgan fingerprint density at radius 1 is 1.36 bits per heavy atom. The second-order valence-corrected chi connectivity index (χ2v) is 7.37. The van der Waals surface area contributed by atoms with E-state index in [9.17, 15) is 9.50 Å². The van der Waals surface area contributed by atoms with Gasteiger partial charge < -0.3 is 14.7 Å². The van der Waals surface area contributed by atoms with E-state index in [0.29, 0.717) is 23.4 Å². The second-order valence-electron chi connectivity index (χ2n) is 7.37. The summed E-state index contributed by atoms with van der Waals surface area (Å²) < 4.78 is 18.9. The molecule has 1 aliphatic heterocycles. The highest BCUT2D eigenvalue weighted by Crippen LogP contribution is 2.33. The van der Waals surface area contributed by atoms with Crippen LogP contribution in [-0.2, 0) is 11.3 Å². The van der Waals surface area contributed by atoms with Gasteiger partial charge in [0.05, 0.1) is 19.3 Å². The maximum Gasteiger partial charge on any atom is 0.128 e. The van der Waals surface area contributed by atoms with Crippen LogP contribution in [0.15, 0.2) is 24.3 Å². The predicted octanol–water partition coefficient (Wildman–Crippen LogP) is 3.07. The summed E-state index contributed by atoms with van der Waals surface area (Å²) in [5, 5.41) is 10.1. The quantitative estimate of drug-likeness (QED) is 0.876. The summed E-state index contributed by atoms with van der Waals surface area (Å²) >= 11 is 0. The molecule has 1 aromatic carbocycles. The number of halogens is 1. The standard InChI is InChI=1S/C18H28FNO2/c1-18(2,3)15-8-9-20(10-15)11-16(21)13-22-12-14-6-4-5-7-17(14)19/h4-7,15-16,21H,8-13H2,1-3H3. The van der Waals surface area contributed by atoms with Crippen molar-refractivity contribution in [2.45, 2.75) is 39.9 Å². The molecule has 1 saturated heterocycles. The third-order valence-electron chi connectivity index (χ3n) is 4.49. The van der Waals surface area contributed by atoms with Crippen molar-refractivity contribution in [1.29, 1.82) is 0 Å². The molecule has 0 amide bonds. The van der Waals surface area contributed by atoms with Gasteiger partial charge in [-0.25, -0.2) is 4.39 Å². The van der Waals surface area contributed by atoms with Gasteiger partial charge in [-0.15, -0.1) is 0 Å². The zero-order chi connectivity index (χ0) is 16.2. The van der Waals surface area contributed by atoms with Gasteiger partial charge in [0.15, 0.2) is 0 Å². The van der Waals surface area contributed by atoms with Crippen LogP contribution in [0.2, 0.25) is 0 Å². The van der Waals surface area contributed by atoms with Crippen molar-refractivity contribution in [3.05, 3.63) is 35.6 Å². The molecule has 0 radical (unpaired) electrons. The van der Waals surface area contributed by atoms with Gasteiger partial charge in [0.1, 0.15) is 5.82 Å². The summed E-state index contributed by atoms with van der Waals surface area (Å²) in [6.45, 7) is 9.96. The van der Waals surface area contributed by atoms with E-state index in [0.717, 1.165) is 13.1 Å². The lowest BCUT2D eigenvalue weighted by Gasteiger charge is -2.27. The average Bonchev–Trinajstić information content (AvgIpc) is 2.89. The Hall–Kier alpha value is -0.970. The Balaban J connectivity index is 1.69. The minimum Gasteiger partial charge on any atom is -0.389 e. The third kappa shape index (κ3) is 5.04. The second kappa shape index (κ2) is 7.53. The first-order chi connectivity index (χ1) is 10.4. The maximum absolute atomic E-state index is 13.4. The van der Waals surface area contributed by atoms with Crippen LogP contribution in [0.4, 0.5) is 4.39 Å². The molecular formula is C18H28FNO2. The molecule has 0 spiro atoms. The summed E-state index contributed by atoms with van der Waals surface area (Å²) in [6, 6.07) is 6.57. The maximum atomic E-state index is 13.4. The van der Waals surface area contributed by atoms with Gasteiger partial charge in [-0.05, 0) is 30.4 Å². The highest BCUT2D eigenvalue weighted by atomic mass is 19.1. The monoisotopic (exact) mass is 309 g/mol. The number of aliphatic hydroxyl groups is 1. The fourth-order valence-corrected chi connectivity index (χ4v) is 2.98. The van der Waals surface area contributed by atoms with Crippen molar-refractivity contribution in [1.82, 2.24) is 4.90 Å². The number of hydrogen-bond donors (Lipinski definition) is 1. The smallest absolute Gasteiger partial charge is 0.128 e. The topological polar surface area (TPSA) is 32.7 Å². The number of rotatable bonds is 6. The number of ether oxygens (including phenoxy) is 1. The molecule has 2 unspecified atom stereocenters. The lowest BCUT2D eigenvalue weighted by atomic mass is 9.80. The Morgan fingerprint density at radius 2 is 2.09 bits per heavy atom. The normalized spacial score (nSPS) is 21.2. The molecule has 4 heteroatoms. The Labute approximate surface area is 133 Å². The summed E-state index contributed by atoms with van der Waals surface area (Å²) in [5.41, 5.74) is 0.852. The molecule has 1 heterocycles. The van der Waals surface area contributed by atoms with Crippen LogP contribution in [0, 0.1) is 17.2 Å². The highest BCUT2D eigenvalue weighted by Gasteiger charge is 2.32. The minimum atomic E-state index is -0.523. The Kier molecular flexibility index (Phi) is 5.95. The van der Waals surface area contributed by atoms with E-state index in [1.165, 1.54) is 12.5 Å². The first kappa shape index (κ1) is 17.4. The van der Waals surface area contributed by atoms with Crippen LogP contribution in [0.3, 0.4) is 0 Å². The number of nitrogens with zero attached hydrogens (tertiary/aromatic N) is 1. The summed E-state index contributed by atoms with van der Waals surface area (Å²) in [4.78, 5) is 2.30. The molecule has 1 fully saturated rings. The van der Waals surface area contributed by atoms with Crippen molar-refractivity contribution in [2.75, 3.05) is 26.2 Å². The van der Waals surface area contributed by atoms with Gasteiger partial charge in [0, 0.05) is 18.7 Å². The largest absolute Gasteiger partial charge is 0.389 e. The molecule has 22 heavy (non-hydrogen) atoms. The van der Waals surface area contributed by atoms with Gasteiger partial charge in [0.2, 0.25) is 0 Å². The molecule has 2 rings (SSSR count). The molecule has 1 N–H and O–H groups in total. The van der Waals surface area contributed by atoms with Crippen LogP contribution in [0.1, 0.15) is 32.8 Å². The molecule has 1 aliphatic rings. The van der Waals surface area contributed by atoms with Crippen molar-refractivity contribution in [3.63, 3.8) is 0 Å². The molecule has 0 saturated carbocycles. The number of likely N-dealkylation sites (tertiary alicyclic amines) is 1. The molecular weight excluding hydrogens is 281 g/mol. The minimum absolute atomic E-state index is 0.203. The van der Waals surface area contributed by atoms with E-state index in [4.69, 9.17) is 4.74 Å². The van der Waals surface area contributed by atoms with Crippen LogP contribution in [0.5, 0.6) is 0 Å². The summed E-state index contributed by atoms with van der Waals surface area (Å²) in [5.74, 6) is 0.420. The molecule has 0 aliphatic carbocycles. The zero-order valence-corrected chi connectivity index (χ0v) is 13.9.